The fourth-order valence-electron chi connectivity index (χ4n) is 3.74. The summed E-state index contributed by atoms with van der Waals surface area (Å²) in [5.41, 5.74) is 0. The van der Waals surface area contributed by atoms with Gasteiger partial charge in [0.25, 0.3) is 0 Å². The molecule has 1 nitrogen and oxygen atoms in total. The Hall–Kier alpha value is 0.440. The van der Waals surface area contributed by atoms with E-state index in [9.17, 15) is 0 Å². The summed E-state index contributed by atoms with van der Waals surface area (Å²) >= 11 is 3.81. The molecular weight excluding hydrogens is 262 g/mol. The molecule has 0 aromatic carbocycles. The van der Waals surface area contributed by atoms with Gasteiger partial charge in [-0.2, -0.15) is 0 Å². The van der Waals surface area contributed by atoms with E-state index in [2.05, 4.69) is 34.8 Å². The van der Waals surface area contributed by atoms with Crippen LogP contribution in [0, 0.1) is 11.8 Å². The summed E-state index contributed by atoms with van der Waals surface area (Å²) in [5, 5.41) is 0. The van der Waals surface area contributed by atoms with Gasteiger partial charge in [0.2, 0.25) is 0 Å². The van der Waals surface area contributed by atoms with E-state index < -0.39 is 0 Å². The molecule has 0 heterocycles. The van der Waals surface area contributed by atoms with Crippen molar-refractivity contribution in [2.24, 2.45) is 11.8 Å². The van der Waals surface area contributed by atoms with Crippen molar-refractivity contribution >= 4 is 15.9 Å². The summed E-state index contributed by atoms with van der Waals surface area (Å²) in [6.45, 7) is 3.57. The minimum atomic E-state index is 0.818. The number of rotatable bonds is 3. The van der Waals surface area contributed by atoms with E-state index in [4.69, 9.17) is 0 Å². The molecule has 0 saturated heterocycles. The number of nitrogens with zero attached hydrogens (tertiary/aromatic N) is 1. The van der Waals surface area contributed by atoms with Gasteiger partial charge in [0.05, 0.1) is 0 Å². The Bertz CT molecular complexity index is 219. The molecule has 2 fully saturated rings. The van der Waals surface area contributed by atoms with Crippen LogP contribution in [0.1, 0.15) is 51.9 Å². The minimum Gasteiger partial charge on any atom is -0.303 e. The molecule has 2 heteroatoms. The molecule has 94 valence electrons. The zero-order chi connectivity index (χ0) is 11.5. The van der Waals surface area contributed by atoms with Gasteiger partial charge in [0, 0.05) is 10.9 Å². The van der Waals surface area contributed by atoms with Crippen molar-refractivity contribution in [1.29, 1.82) is 0 Å². The zero-order valence-corrected chi connectivity index (χ0v) is 12.4. The molecule has 4 unspecified atom stereocenters. The van der Waals surface area contributed by atoms with Crippen LogP contribution in [-0.2, 0) is 0 Å². The van der Waals surface area contributed by atoms with Crippen LogP contribution >= 0.6 is 15.9 Å². The molecule has 2 rings (SSSR count). The first kappa shape index (κ1) is 12.9. The molecule has 0 amide bonds. The van der Waals surface area contributed by atoms with Gasteiger partial charge < -0.3 is 4.90 Å². The van der Waals surface area contributed by atoms with Gasteiger partial charge in [0.15, 0.2) is 0 Å². The lowest BCUT2D eigenvalue weighted by atomic mass is 9.69. The summed E-state index contributed by atoms with van der Waals surface area (Å²) in [4.78, 5) is 3.43. The van der Waals surface area contributed by atoms with Crippen LogP contribution in [-0.4, -0.2) is 29.4 Å². The van der Waals surface area contributed by atoms with Crippen LogP contribution in [0.15, 0.2) is 0 Å². The van der Waals surface area contributed by atoms with E-state index in [-0.39, 0.29) is 0 Å². The van der Waals surface area contributed by atoms with Crippen LogP contribution in [0.4, 0.5) is 0 Å². The Labute approximate surface area is 109 Å². The second kappa shape index (κ2) is 5.86. The normalized spacial score (nSPS) is 39.8. The van der Waals surface area contributed by atoms with E-state index >= 15 is 0 Å². The average molecular weight is 288 g/mol. The Morgan fingerprint density at radius 1 is 1.06 bits per heavy atom. The van der Waals surface area contributed by atoms with Crippen molar-refractivity contribution in [2.45, 2.75) is 62.7 Å². The molecule has 0 spiro atoms. The molecule has 0 N–H and O–H groups in total. The van der Waals surface area contributed by atoms with Crippen LogP contribution in [0.2, 0.25) is 0 Å². The highest BCUT2D eigenvalue weighted by Crippen LogP contribution is 2.43. The molecule has 0 radical (unpaired) electrons. The second-order valence-corrected chi connectivity index (χ2v) is 7.17. The Kier molecular flexibility index (Phi) is 4.72. The van der Waals surface area contributed by atoms with E-state index in [0.717, 1.165) is 22.7 Å². The smallest absolute Gasteiger partial charge is 0.0148 e. The minimum absolute atomic E-state index is 0.818. The van der Waals surface area contributed by atoms with E-state index in [1.54, 1.807) is 0 Å². The van der Waals surface area contributed by atoms with Crippen molar-refractivity contribution in [3.8, 4) is 0 Å². The molecule has 16 heavy (non-hydrogen) atoms. The molecule has 4 atom stereocenters. The summed E-state index contributed by atoms with van der Waals surface area (Å²) in [6, 6.07) is 0.882. The van der Waals surface area contributed by atoms with Crippen molar-refractivity contribution in [3.05, 3.63) is 0 Å². The van der Waals surface area contributed by atoms with Crippen LogP contribution < -0.4 is 0 Å². The number of alkyl halides is 1. The standard InChI is InChI=1S/C14H26BrN/c1-3-8-16(2)14-7-5-11-9-13(15)6-4-12(11)10-14/h11-14H,3-10H2,1-2H3. The lowest BCUT2D eigenvalue weighted by Gasteiger charge is -2.43. The lowest BCUT2D eigenvalue weighted by molar-refractivity contribution is 0.0911. The predicted octanol–water partition coefficient (Wildman–Crippen LogP) is 4.06. The first-order valence-electron chi connectivity index (χ1n) is 7.05. The molecule has 0 bridgehead atoms. The monoisotopic (exact) mass is 287 g/mol. The maximum Gasteiger partial charge on any atom is 0.0148 e. The number of hydrogen-bond donors (Lipinski definition) is 0. The average Bonchev–Trinajstić information content (AvgIpc) is 2.28. The maximum absolute atomic E-state index is 3.81. The van der Waals surface area contributed by atoms with Gasteiger partial charge in [-0.25, -0.2) is 0 Å². The molecule has 0 aromatic rings. The Morgan fingerprint density at radius 2 is 1.75 bits per heavy atom. The number of hydrogen-bond acceptors (Lipinski definition) is 1. The van der Waals surface area contributed by atoms with Crippen LogP contribution in [0.25, 0.3) is 0 Å². The molecule has 0 aliphatic heterocycles. The quantitative estimate of drug-likeness (QED) is 0.708. The van der Waals surface area contributed by atoms with Gasteiger partial charge >= 0.3 is 0 Å². The third-order valence-electron chi connectivity index (χ3n) is 4.72. The van der Waals surface area contributed by atoms with Crippen molar-refractivity contribution in [2.75, 3.05) is 13.6 Å². The zero-order valence-electron chi connectivity index (χ0n) is 10.8. The fraction of sp³-hybridized carbons (Fsp3) is 1.00. The maximum atomic E-state index is 3.81. The Morgan fingerprint density at radius 3 is 2.50 bits per heavy atom. The largest absolute Gasteiger partial charge is 0.303 e. The fourth-order valence-corrected chi connectivity index (χ4v) is 4.49. The summed E-state index contributed by atoms with van der Waals surface area (Å²) in [7, 11) is 2.32. The highest BCUT2D eigenvalue weighted by atomic mass is 79.9. The Balaban J connectivity index is 1.85. The molecule has 2 aliphatic rings. The topological polar surface area (TPSA) is 3.24 Å². The van der Waals surface area contributed by atoms with Crippen molar-refractivity contribution in [3.63, 3.8) is 0 Å². The summed E-state index contributed by atoms with van der Waals surface area (Å²) in [5.74, 6) is 2.07. The van der Waals surface area contributed by atoms with Crippen molar-refractivity contribution < 1.29 is 0 Å². The van der Waals surface area contributed by atoms with Gasteiger partial charge in [0.1, 0.15) is 0 Å². The highest BCUT2D eigenvalue weighted by molar-refractivity contribution is 9.09. The van der Waals surface area contributed by atoms with Crippen molar-refractivity contribution in [1.82, 2.24) is 4.90 Å². The summed E-state index contributed by atoms with van der Waals surface area (Å²) in [6.07, 6.45) is 10.0. The molecular formula is C14H26BrN. The lowest BCUT2D eigenvalue weighted by Crippen LogP contribution is -2.41. The molecule has 0 aromatic heterocycles. The van der Waals surface area contributed by atoms with E-state index in [1.807, 2.05) is 0 Å². The SMILES string of the molecule is CCCN(C)C1CCC2CC(Br)CCC2C1. The van der Waals surface area contributed by atoms with Gasteiger partial charge in [-0.15, -0.1) is 0 Å². The van der Waals surface area contributed by atoms with E-state index in [1.165, 1.54) is 51.5 Å². The van der Waals surface area contributed by atoms with Gasteiger partial charge in [-0.3, -0.25) is 0 Å². The van der Waals surface area contributed by atoms with Gasteiger partial charge in [-0.1, -0.05) is 22.9 Å². The third-order valence-corrected chi connectivity index (χ3v) is 5.55. The van der Waals surface area contributed by atoms with Crippen LogP contribution in [0.5, 0.6) is 0 Å². The van der Waals surface area contributed by atoms with Crippen LogP contribution in [0.3, 0.4) is 0 Å². The number of fused-ring (bicyclic) bond motifs is 1. The number of halogens is 1. The molecule has 2 aliphatic carbocycles. The van der Waals surface area contributed by atoms with Gasteiger partial charge in [-0.05, 0) is 70.4 Å². The molecule has 2 saturated carbocycles. The highest BCUT2D eigenvalue weighted by Gasteiger charge is 2.35. The summed E-state index contributed by atoms with van der Waals surface area (Å²) < 4.78 is 0. The first-order valence-corrected chi connectivity index (χ1v) is 7.96. The first-order chi connectivity index (χ1) is 7.70. The third kappa shape index (κ3) is 3.01. The second-order valence-electron chi connectivity index (χ2n) is 5.88. The predicted molar refractivity (Wildman–Crippen MR) is 74.1 cm³/mol. The van der Waals surface area contributed by atoms with E-state index in [0.29, 0.717) is 0 Å².